The molecule has 2 heterocycles. The van der Waals surface area contributed by atoms with Gasteiger partial charge in [-0.05, 0) is 12.1 Å². The molecule has 0 bridgehead atoms. The number of aliphatic hydroxyl groups excluding tert-OH is 1. The van der Waals surface area contributed by atoms with Crippen LogP contribution < -0.4 is 4.90 Å². The monoisotopic (exact) mass is 177 g/mol. The maximum absolute atomic E-state index is 9.55. The summed E-state index contributed by atoms with van der Waals surface area (Å²) < 4.78 is 0. The van der Waals surface area contributed by atoms with E-state index in [1.807, 2.05) is 12.1 Å². The molecule has 0 saturated carbocycles. The van der Waals surface area contributed by atoms with Crippen LogP contribution in [0.3, 0.4) is 0 Å². The molecule has 1 fully saturated rings. The molecule has 1 saturated heterocycles. The summed E-state index contributed by atoms with van der Waals surface area (Å²) in [5.41, 5.74) is 0. The lowest BCUT2D eigenvalue weighted by molar-refractivity contribution is 0.157. The van der Waals surface area contributed by atoms with E-state index >= 15 is 0 Å². The van der Waals surface area contributed by atoms with Crippen LogP contribution in [0.25, 0.3) is 0 Å². The van der Waals surface area contributed by atoms with Crippen molar-refractivity contribution in [3.8, 4) is 0 Å². The number of rotatable bonds is 1. The van der Waals surface area contributed by atoms with Crippen LogP contribution in [0.15, 0.2) is 18.3 Å². The Balaban J connectivity index is 2.12. The molecule has 0 spiro atoms. The average molecular weight is 177 g/mol. The van der Waals surface area contributed by atoms with Crippen LogP contribution in [0.2, 0.25) is 0 Å². The second kappa shape index (κ2) is 3.34. The van der Waals surface area contributed by atoms with Crippen molar-refractivity contribution in [2.75, 3.05) is 18.0 Å². The van der Waals surface area contributed by atoms with Crippen molar-refractivity contribution in [1.82, 2.24) is 4.98 Å². The highest BCUT2D eigenvalue weighted by atomic mass is 16.3. The SMILES string of the molecule is C[C@@H]1CN(c2cc[c]cn2)C[C@@H]1O. The number of hydrogen-bond donors (Lipinski definition) is 1. The minimum absolute atomic E-state index is 0.217. The van der Waals surface area contributed by atoms with Gasteiger partial charge in [-0.2, -0.15) is 0 Å². The maximum atomic E-state index is 9.55. The summed E-state index contributed by atoms with van der Waals surface area (Å²) in [7, 11) is 0. The topological polar surface area (TPSA) is 36.4 Å². The first-order chi connectivity index (χ1) is 6.27. The Morgan fingerprint density at radius 3 is 3.00 bits per heavy atom. The van der Waals surface area contributed by atoms with Crippen molar-refractivity contribution in [1.29, 1.82) is 0 Å². The predicted octanol–water partition coefficient (Wildman–Crippen LogP) is 0.699. The van der Waals surface area contributed by atoms with Crippen molar-refractivity contribution < 1.29 is 5.11 Å². The van der Waals surface area contributed by atoms with Gasteiger partial charge in [-0.15, -0.1) is 0 Å². The maximum Gasteiger partial charge on any atom is 0.128 e. The molecule has 13 heavy (non-hydrogen) atoms. The van der Waals surface area contributed by atoms with E-state index in [9.17, 15) is 5.11 Å². The number of β-amino-alcohol motifs (C(OH)–C–C–N with tert-alkyl or cyclic N) is 1. The Hall–Kier alpha value is -1.09. The van der Waals surface area contributed by atoms with E-state index in [-0.39, 0.29) is 6.10 Å². The fourth-order valence-electron chi connectivity index (χ4n) is 1.64. The zero-order valence-electron chi connectivity index (χ0n) is 7.64. The predicted molar refractivity (Wildman–Crippen MR) is 50.5 cm³/mol. The van der Waals surface area contributed by atoms with E-state index in [2.05, 4.69) is 22.9 Å². The highest BCUT2D eigenvalue weighted by Crippen LogP contribution is 2.21. The Morgan fingerprint density at radius 2 is 2.46 bits per heavy atom. The lowest BCUT2D eigenvalue weighted by Crippen LogP contribution is -2.21. The van der Waals surface area contributed by atoms with Crippen LogP contribution in [0, 0.1) is 12.0 Å². The smallest absolute Gasteiger partial charge is 0.128 e. The van der Waals surface area contributed by atoms with E-state index < -0.39 is 0 Å². The first-order valence-corrected chi connectivity index (χ1v) is 4.52. The van der Waals surface area contributed by atoms with Crippen LogP contribution >= 0.6 is 0 Å². The van der Waals surface area contributed by atoms with Gasteiger partial charge in [0.1, 0.15) is 5.82 Å². The number of pyridine rings is 1. The van der Waals surface area contributed by atoms with Gasteiger partial charge in [-0.25, -0.2) is 4.98 Å². The summed E-state index contributed by atoms with van der Waals surface area (Å²) in [5, 5.41) is 9.55. The molecule has 0 aliphatic carbocycles. The molecule has 1 aliphatic heterocycles. The van der Waals surface area contributed by atoms with Crippen LogP contribution in [-0.4, -0.2) is 29.3 Å². The summed E-state index contributed by atoms with van der Waals surface area (Å²) in [6.45, 7) is 3.64. The summed E-state index contributed by atoms with van der Waals surface area (Å²) in [4.78, 5) is 6.29. The van der Waals surface area contributed by atoms with Crippen LogP contribution in [0.4, 0.5) is 5.82 Å². The van der Waals surface area contributed by atoms with E-state index in [4.69, 9.17) is 0 Å². The molecule has 2 rings (SSSR count). The van der Waals surface area contributed by atoms with Gasteiger partial charge in [0.15, 0.2) is 0 Å². The average Bonchev–Trinajstić information content (AvgIpc) is 2.49. The van der Waals surface area contributed by atoms with Crippen LogP contribution in [-0.2, 0) is 0 Å². The Kier molecular flexibility index (Phi) is 2.19. The Morgan fingerprint density at radius 1 is 1.62 bits per heavy atom. The fraction of sp³-hybridized carbons (Fsp3) is 0.500. The molecule has 1 radical (unpaired) electrons. The largest absolute Gasteiger partial charge is 0.391 e. The van der Waals surface area contributed by atoms with Gasteiger partial charge >= 0.3 is 0 Å². The first kappa shape index (κ1) is 8.51. The molecule has 2 atom stereocenters. The molecule has 1 aromatic rings. The third kappa shape index (κ3) is 1.65. The standard InChI is InChI=1S/C10H13N2O/c1-8-6-12(7-9(8)13)10-4-2-3-5-11-10/h2,4-5,8-9,13H,6-7H2,1H3/t8-,9+/m1/s1. The molecule has 0 aromatic carbocycles. The second-order valence-corrected chi connectivity index (χ2v) is 3.57. The number of aliphatic hydroxyl groups is 1. The molecule has 1 aliphatic rings. The second-order valence-electron chi connectivity index (χ2n) is 3.57. The van der Waals surface area contributed by atoms with E-state index in [1.54, 1.807) is 6.20 Å². The van der Waals surface area contributed by atoms with Crippen molar-refractivity contribution in [3.05, 3.63) is 24.4 Å². The fourth-order valence-corrected chi connectivity index (χ4v) is 1.64. The normalized spacial score (nSPS) is 28.0. The van der Waals surface area contributed by atoms with Gasteiger partial charge in [0.05, 0.1) is 6.10 Å². The van der Waals surface area contributed by atoms with Crippen molar-refractivity contribution in [2.45, 2.75) is 13.0 Å². The third-order valence-corrected chi connectivity index (χ3v) is 2.50. The minimum Gasteiger partial charge on any atom is -0.391 e. The van der Waals surface area contributed by atoms with Crippen molar-refractivity contribution in [3.63, 3.8) is 0 Å². The zero-order valence-corrected chi connectivity index (χ0v) is 7.64. The number of anilines is 1. The van der Waals surface area contributed by atoms with Gasteiger partial charge in [-0.1, -0.05) is 6.92 Å². The lowest BCUT2D eigenvalue weighted by atomic mass is 10.1. The summed E-state index contributed by atoms with van der Waals surface area (Å²) in [5.74, 6) is 1.27. The highest BCUT2D eigenvalue weighted by Gasteiger charge is 2.28. The minimum atomic E-state index is -0.217. The molecular formula is C10H13N2O. The Bertz CT molecular complexity index is 266. The zero-order chi connectivity index (χ0) is 9.26. The van der Waals surface area contributed by atoms with Crippen LogP contribution in [0.5, 0.6) is 0 Å². The summed E-state index contributed by atoms with van der Waals surface area (Å²) >= 11 is 0. The summed E-state index contributed by atoms with van der Waals surface area (Å²) in [6.07, 6.45) is 1.44. The molecule has 3 heteroatoms. The number of hydrogen-bond acceptors (Lipinski definition) is 3. The molecule has 1 aromatic heterocycles. The van der Waals surface area contributed by atoms with Crippen molar-refractivity contribution in [2.24, 2.45) is 5.92 Å². The van der Waals surface area contributed by atoms with Gasteiger partial charge < -0.3 is 10.0 Å². The molecule has 0 unspecified atom stereocenters. The van der Waals surface area contributed by atoms with Crippen LogP contribution in [0.1, 0.15) is 6.92 Å². The van der Waals surface area contributed by atoms with E-state index in [0.717, 1.165) is 12.4 Å². The van der Waals surface area contributed by atoms with Gasteiger partial charge in [-0.3, -0.25) is 0 Å². The molecule has 3 nitrogen and oxygen atoms in total. The molecule has 0 amide bonds. The summed E-state index contributed by atoms with van der Waals surface area (Å²) in [6, 6.07) is 6.64. The third-order valence-electron chi connectivity index (χ3n) is 2.50. The number of nitrogens with zero attached hydrogens (tertiary/aromatic N) is 2. The first-order valence-electron chi connectivity index (χ1n) is 4.52. The van der Waals surface area contributed by atoms with Gasteiger partial charge in [0.25, 0.3) is 0 Å². The molecule has 69 valence electrons. The highest BCUT2D eigenvalue weighted by molar-refractivity contribution is 5.39. The lowest BCUT2D eigenvalue weighted by Gasteiger charge is -2.15. The van der Waals surface area contributed by atoms with Gasteiger partial charge in [0.2, 0.25) is 0 Å². The molecule has 1 N–H and O–H groups in total. The van der Waals surface area contributed by atoms with E-state index in [1.165, 1.54) is 0 Å². The quantitative estimate of drug-likeness (QED) is 0.686. The van der Waals surface area contributed by atoms with E-state index in [0.29, 0.717) is 12.5 Å². The van der Waals surface area contributed by atoms with Crippen molar-refractivity contribution >= 4 is 5.82 Å². The van der Waals surface area contributed by atoms with Gasteiger partial charge in [0, 0.05) is 31.3 Å². The Labute approximate surface area is 78.0 Å². The number of aromatic nitrogens is 1. The molecular weight excluding hydrogens is 164 g/mol.